The minimum absolute atomic E-state index is 0.343. The molecule has 1 aliphatic rings. The van der Waals surface area contributed by atoms with E-state index in [-0.39, 0.29) is 0 Å². The van der Waals surface area contributed by atoms with Crippen LogP contribution in [0.1, 0.15) is 23.6 Å². The van der Waals surface area contributed by atoms with E-state index < -0.39 is 5.97 Å². The fourth-order valence-corrected chi connectivity index (χ4v) is 2.92. The van der Waals surface area contributed by atoms with E-state index in [1.165, 1.54) is 5.56 Å². The van der Waals surface area contributed by atoms with Crippen LogP contribution in [0, 0.1) is 6.92 Å². The van der Waals surface area contributed by atoms with E-state index in [0.717, 1.165) is 5.56 Å². The van der Waals surface area contributed by atoms with Crippen LogP contribution in [0.5, 0.6) is 5.75 Å². The van der Waals surface area contributed by atoms with Gasteiger partial charge in [0.1, 0.15) is 12.4 Å². The van der Waals surface area contributed by atoms with Crippen molar-refractivity contribution in [3.05, 3.63) is 68.7 Å². The molecule has 2 aromatic carbocycles. The molecule has 1 heterocycles. The Morgan fingerprint density at radius 1 is 1.16 bits per heavy atom. The Labute approximate surface area is 155 Å². The fourth-order valence-electron chi connectivity index (χ4n) is 2.35. The first-order valence-corrected chi connectivity index (χ1v) is 8.35. The molecule has 0 aliphatic carbocycles. The average Bonchev–Trinajstić information content (AvgIpc) is 2.87. The Balaban J connectivity index is 1.93. The summed E-state index contributed by atoms with van der Waals surface area (Å²) in [5.41, 5.74) is 3.61. The molecule has 0 bridgehead atoms. The Hall–Kier alpha value is -2.30. The molecule has 1 aliphatic heterocycles. The number of ether oxygens (including phenoxy) is 1. The molecular formula is C19H15Cl2NO3. The highest BCUT2D eigenvalue weighted by molar-refractivity contribution is 6.36. The largest absolute Gasteiger partial charge is 0.487 e. The number of nitrogens with zero attached hydrogens (tertiary/aromatic N) is 1. The summed E-state index contributed by atoms with van der Waals surface area (Å²) in [6.45, 7) is 4.06. The van der Waals surface area contributed by atoms with Crippen molar-refractivity contribution in [3.8, 4) is 5.75 Å². The summed E-state index contributed by atoms with van der Waals surface area (Å²) in [7, 11) is 0. The van der Waals surface area contributed by atoms with E-state index >= 15 is 0 Å². The second-order valence-corrected chi connectivity index (χ2v) is 6.54. The second kappa shape index (κ2) is 7.30. The Bertz CT molecular complexity index is 886. The summed E-state index contributed by atoms with van der Waals surface area (Å²) >= 11 is 12.4. The van der Waals surface area contributed by atoms with Gasteiger partial charge in [0, 0.05) is 10.6 Å². The fraction of sp³-hybridized carbons (Fsp3) is 0.158. The third kappa shape index (κ3) is 4.03. The molecule has 4 nitrogen and oxygen atoms in total. The lowest BCUT2D eigenvalue weighted by atomic mass is 10.1. The molecule has 0 N–H and O–H groups in total. The lowest BCUT2D eigenvalue weighted by Crippen LogP contribution is -2.03. The Kier molecular flexibility index (Phi) is 5.11. The molecule has 3 rings (SSSR count). The molecule has 0 aromatic heterocycles. The SMILES string of the molecule is CC1=NOC(=O)/C1=C\c1cc(Cl)cc(Cl)c1OCc1ccc(C)cc1. The monoisotopic (exact) mass is 375 g/mol. The third-order valence-electron chi connectivity index (χ3n) is 3.72. The van der Waals surface area contributed by atoms with Crippen LogP contribution in [0.25, 0.3) is 6.08 Å². The van der Waals surface area contributed by atoms with Crippen LogP contribution in [-0.2, 0) is 16.2 Å². The molecule has 0 unspecified atom stereocenters. The molecule has 128 valence electrons. The number of benzene rings is 2. The van der Waals surface area contributed by atoms with Crippen LogP contribution in [0.2, 0.25) is 10.0 Å². The van der Waals surface area contributed by atoms with Gasteiger partial charge >= 0.3 is 5.97 Å². The Morgan fingerprint density at radius 3 is 2.52 bits per heavy atom. The van der Waals surface area contributed by atoms with Crippen LogP contribution in [0.15, 0.2) is 47.1 Å². The van der Waals surface area contributed by atoms with E-state index in [1.54, 1.807) is 25.1 Å². The van der Waals surface area contributed by atoms with Crippen molar-refractivity contribution in [1.82, 2.24) is 0 Å². The number of hydrogen-bond donors (Lipinski definition) is 0. The number of rotatable bonds is 4. The topological polar surface area (TPSA) is 47.9 Å². The smallest absolute Gasteiger partial charge is 0.367 e. The summed E-state index contributed by atoms with van der Waals surface area (Å²) in [5, 5.41) is 4.48. The lowest BCUT2D eigenvalue weighted by molar-refractivity contribution is -0.136. The summed E-state index contributed by atoms with van der Waals surface area (Å²) in [4.78, 5) is 16.4. The summed E-state index contributed by atoms with van der Waals surface area (Å²) in [5.74, 6) is -0.0651. The van der Waals surface area contributed by atoms with Gasteiger partial charge in [0.15, 0.2) is 0 Å². The first kappa shape index (κ1) is 17.5. The first-order valence-electron chi connectivity index (χ1n) is 7.59. The minimum atomic E-state index is -0.516. The van der Waals surface area contributed by atoms with Crippen LogP contribution < -0.4 is 4.74 Å². The van der Waals surface area contributed by atoms with E-state index in [1.807, 2.05) is 31.2 Å². The molecule has 6 heteroatoms. The second-order valence-electron chi connectivity index (χ2n) is 5.69. The molecule has 0 saturated carbocycles. The van der Waals surface area contributed by atoms with Crippen molar-refractivity contribution >= 4 is 41.0 Å². The van der Waals surface area contributed by atoms with Crippen molar-refractivity contribution < 1.29 is 14.4 Å². The van der Waals surface area contributed by atoms with Gasteiger partial charge in [0.25, 0.3) is 0 Å². The third-order valence-corrected chi connectivity index (χ3v) is 4.21. The van der Waals surface area contributed by atoms with Crippen LogP contribution in [-0.4, -0.2) is 11.7 Å². The zero-order valence-corrected chi connectivity index (χ0v) is 15.2. The van der Waals surface area contributed by atoms with Gasteiger partial charge in [0.05, 0.1) is 16.3 Å². The molecule has 0 atom stereocenters. The van der Waals surface area contributed by atoms with Crippen molar-refractivity contribution in [2.24, 2.45) is 5.16 Å². The Morgan fingerprint density at radius 2 is 1.88 bits per heavy atom. The van der Waals surface area contributed by atoms with E-state index in [2.05, 4.69) is 9.99 Å². The highest BCUT2D eigenvalue weighted by atomic mass is 35.5. The molecule has 0 amide bonds. The summed E-state index contributed by atoms with van der Waals surface area (Å²) in [6, 6.07) is 11.3. The van der Waals surface area contributed by atoms with Crippen molar-refractivity contribution in [1.29, 1.82) is 0 Å². The van der Waals surface area contributed by atoms with Crippen LogP contribution in [0.3, 0.4) is 0 Å². The van der Waals surface area contributed by atoms with Crippen LogP contribution in [0.4, 0.5) is 0 Å². The predicted molar refractivity (Wildman–Crippen MR) is 99.2 cm³/mol. The average molecular weight is 376 g/mol. The lowest BCUT2D eigenvalue weighted by Gasteiger charge is -2.12. The first-order chi connectivity index (χ1) is 11.9. The maximum Gasteiger partial charge on any atom is 0.367 e. The van der Waals surface area contributed by atoms with Gasteiger partial charge in [-0.1, -0.05) is 58.2 Å². The van der Waals surface area contributed by atoms with Gasteiger partial charge < -0.3 is 9.57 Å². The highest BCUT2D eigenvalue weighted by Crippen LogP contribution is 2.35. The summed E-state index contributed by atoms with van der Waals surface area (Å²) in [6.07, 6.45) is 1.62. The van der Waals surface area contributed by atoms with Gasteiger partial charge in [0.2, 0.25) is 0 Å². The molecule has 0 spiro atoms. The number of oxime groups is 1. The number of carbonyl (C=O) groups excluding carboxylic acids is 1. The molecule has 0 saturated heterocycles. The van der Waals surface area contributed by atoms with Gasteiger partial charge in [-0.05, 0) is 37.6 Å². The van der Waals surface area contributed by atoms with Gasteiger partial charge in [-0.2, -0.15) is 0 Å². The zero-order chi connectivity index (χ0) is 18.0. The van der Waals surface area contributed by atoms with Crippen molar-refractivity contribution in [2.45, 2.75) is 20.5 Å². The number of halogens is 2. The standard InChI is InChI=1S/C19H15Cl2NO3/c1-11-3-5-13(6-4-11)10-24-18-14(7-15(20)9-17(18)21)8-16-12(2)22-25-19(16)23/h3-9H,10H2,1-2H3/b16-8-. The van der Waals surface area contributed by atoms with Gasteiger partial charge in [-0.25, -0.2) is 4.79 Å². The quantitative estimate of drug-likeness (QED) is 0.545. The predicted octanol–water partition coefficient (Wildman–Crippen LogP) is 5.20. The molecular weight excluding hydrogens is 361 g/mol. The number of aryl methyl sites for hydroxylation is 1. The number of carbonyl (C=O) groups is 1. The molecule has 0 radical (unpaired) electrons. The highest BCUT2D eigenvalue weighted by Gasteiger charge is 2.23. The maximum absolute atomic E-state index is 11.8. The van der Waals surface area contributed by atoms with Crippen molar-refractivity contribution in [3.63, 3.8) is 0 Å². The molecule has 2 aromatic rings. The van der Waals surface area contributed by atoms with E-state index in [4.69, 9.17) is 27.9 Å². The molecule has 25 heavy (non-hydrogen) atoms. The van der Waals surface area contributed by atoms with Gasteiger partial charge in [-0.3, -0.25) is 0 Å². The maximum atomic E-state index is 11.8. The minimum Gasteiger partial charge on any atom is -0.487 e. The normalized spacial score (nSPS) is 15.3. The van der Waals surface area contributed by atoms with E-state index in [9.17, 15) is 4.79 Å². The van der Waals surface area contributed by atoms with Gasteiger partial charge in [-0.15, -0.1) is 0 Å². The zero-order valence-electron chi connectivity index (χ0n) is 13.7. The van der Waals surface area contributed by atoms with Crippen molar-refractivity contribution in [2.75, 3.05) is 0 Å². The van der Waals surface area contributed by atoms with Crippen LogP contribution >= 0.6 is 23.2 Å². The van der Waals surface area contributed by atoms with E-state index in [0.29, 0.717) is 39.2 Å². The summed E-state index contributed by atoms with van der Waals surface area (Å²) < 4.78 is 5.90. The molecule has 0 fully saturated rings. The number of hydrogen-bond acceptors (Lipinski definition) is 4.